The third-order valence-corrected chi connectivity index (χ3v) is 3.89. The number of hydrogen-bond donors (Lipinski definition) is 1. The number of likely N-dealkylation sites (tertiary alicyclic amines) is 1. The van der Waals surface area contributed by atoms with Crippen molar-refractivity contribution in [3.63, 3.8) is 0 Å². The smallest absolute Gasteiger partial charge is 0.0408 e. The summed E-state index contributed by atoms with van der Waals surface area (Å²) in [5.74, 6) is 1.23. The Balaban J connectivity index is 0.00000162. The van der Waals surface area contributed by atoms with Gasteiger partial charge in [0.2, 0.25) is 0 Å². The van der Waals surface area contributed by atoms with Crippen molar-refractivity contribution in [1.29, 1.82) is 0 Å². The van der Waals surface area contributed by atoms with Crippen molar-refractivity contribution in [3.05, 3.63) is 34.9 Å². The van der Waals surface area contributed by atoms with E-state index in [0.29, 0.717) is 11.8 Å². The lowest BCUT2D eigenvalue weighted by molar-refractivity contribution is 0.309. The molecule has 2 nitrogen and oxygen atoms in total. The molecular weight excluding hydrogens is 267 g/mol. The lowest BCUT2D eigenvalue weighted by atomic mass is 10.0. The molecule has 0 aliphatic carbocycles. The van der Waals surface area contributed by atoms with E-state index < -0.39 is 0 Å². The molecule has 2 N–H and O–H groups in total. The van der Waals surface area contributed by atoms with Gasteiger partial charge in [-0.2, -0.15) is 0 Å². The van der Waals surface area contributed by atoms with Gasteiger partial charge in [-0.15, -0.1) is 12.4 Å². The second-order valence-corrected chi connectivity index (χ2v) is 5.54. The zero-order chi connectivity index (χ0) is 12.3. The monoisotopic (exact) mass is 288 g/mol. The summed E-state index contributed by atoms with van der Waals surface area (Å²) >= 11 is 6.02. The van der Waals surface area contributed by atoms with Crippen LogP contribution in [0.1, 0.15) is 24.8 Å². The molecule has 2 atom stereocenters. The second kappa shape index (κ2) is 7.34. The van der Waals surface area contributed by atoms with Gasteiger partial charge in [0, 0.05) is 18.1 Å². The Morgan fingerprint density at radius 2 is 2.28 bits per heavy atom. The number of hydrogen-bond acceptors (Lipinski definition) is 2. The summed E-state index contributed by atoms with van der Waals surface area (Å²) in [7, 11) is 0. The number of benzene rings is 1. The maximum absolute atomic E-state index is 6.02. The molecule has 0 spiro atoms. The zero-order valence-electron chi connectivity index (χ0n) is 10.8. The molecule has 18 heavy (non-hydrogen) atoms. The van der Waals surface area contributed by atoms with Gasteiger partial charge in [0.25, 0.3) is 0 Å². The Hall–Kier alpha value is -0.280. The van der Waals surface area contributed by atoms with E-state index in [0.717, 1.165) is 24.7 Å². The van der Waals surface area contributed by atoms with Gasteiger partial charge in [-0.1, -0.05) is 30.7 Å². The maximum atomic E-state index is 6.02. The van der Waals surface area contributed by atoms with Crippen molar-refractivity contribution in [2.75, 3.05) is 26.2 Å². The van der Waals surface area contributed by atoms with Crippen molar-refractivity contribution in [3.8, 4) is 0 Å². The highest BCUT2D eigenvalue weighted by atomic mass is 35.5. The molecule has 1 heterocycles. The predicted molar refractivity (Wildman–Crippen MR) is 80.7 cm³/mol. The van der Waals surface area contributed by atoms with Crippen LogP contribution in [-0.4, -0.2) is 31.1 Å². The first-order chi connectivity index (χ1) is 8.19. The van der Waals surface area contributed by atoms with Crippen LogP contribution in [0.4, 0.5) is 0 Å². The highest BCUT2D eigenvalue weighted by Crippen LogP contribution is 2.23. The van der Waals surface area contributed by atoms with Gasteiger partial charge >= 0.3 is 0 Å². The fraction of sp³-hybridized carbons (Fsp3) is 0.571. The van der Waals surface area contributed by atoms with Gasteiger partial charge in [0.05, 0.1) is 0 Å². The van der Waals surface area contributed by atoms with Crippen LogP contribution < -0.4 is 5.73 Å². The zero-order valence-corrected chi connectivity index (χ0v) is 12.4. The minimum absolute atomic E-state index is 0. The van der Waals surface area contributed by atoms with Gasteiger partial charge < -0.3 is 10.6 Å². The number of nitrogens with two attached hydrogens (primary N) is 1. The van der Waals surface area contributed by atoms with E-state index in [1.165, 1.54) is 18.5 Å². The summed E-state index contributed by atoms with van der Waals surface area (Å²) in [5, 5.41) is 0.829. The molecule has 1 fully saturated rings. The summed E-state index contributed by atoms with van der Waals surface area (Å²) in [4.78, 5) is 2.52. The van der Waals surface area contributed by atoms with Gasteiger partial charge in [-0.05, 0) is 49.0 Å². The molecule has 102 valence electrons. The second-order valence-electron chi connectivity index (χ2n) is 5.11. The normalized spacial score (nSPS) is 21.6. The van der Waals surface area contributed by atoms with Crippen LogP contribution >= 0.6 is 24.0 Å². The fourth-order valence-corrected chi connectivity index (χ4v) is 2.78. The molecular formula is C14H22Cl2N2. The molecule has 1 aliphatic heterocycles. The van der Waals surface area contributed by atoms with E-state index in [4.69, 9.17) is 17.3 Å². The first-order valence-electron chi connectivity index (χ1n) is 6.37. The minimum atomic E-state index is 0. The highest BCUT2D eigenvalue weighted by molar-refractivity contribution is 6.30. The topological polar surface area (TPSA) is 29.3 Å². The molecule has 0 bridgehead atoms. The van der Waals surface area contributed by atoms with Gasteiger partial charge in [-0.25, -0.2) is 0 Å². The third-order valence-electron chi connectivity index (χ3n) is 3.65. The van der Waals surface area contributed by atoms with Crippen LogP contribution in [0, 0.1) is 5.92 Å². The van der Waals surface area contributed by atoms with Crippen molar-refractivity contribution in [1.82, 2.24) is 4.90 Å². The van der Waals surface area contributed by atoms with E-state index in [9.17, 15) is 0 Å². The van der Waals surface area contributed by atoms with E-state index in [2.05, 4.69) is 24.0 Å². The number of nitrogens with zero attached hydrogens (tertiary/aromatic N) is 1. The van der Waals surface area contributed by atoms with Crippen LogP contribution in [0.2, 0.25) is 5.02 Å². The Morgan fingerprint density at radius 3 is 2.89 bits per heavy atom. The summed E-state index contributed by atoms with van der Waals surface area (Å²) < 4.78 is 0. The molecule has 2 rings (SSSR count). The van der Waals surface area contributed by atoms with Crippen LogP contribution in [0.3, 0.4) is 0 Å². The molecule has 1 saturated heterocycles. The Morgan fingerprint density at radius 1 is 1.50 bits per heavy atom. The molecule has 0 saturated carbocycles. The first-order valence-corrected chi connectivity index (χ1v) is 6.74. The van der Waals surface area contributed by atoms with Crippen molar-refractivity contribution in [2.45, 2.75) is 19.3 Å². The molecule has 0 aromatic heterocycles. The van der Waals surface area contributed by atoms with Crippen LogP contribution in [0.15, 0.2) is 24.3 Å². The van der Waals surface area contributed by atoms with Crippen molar-refractivity contribution in [2.24, 2.45) is 11.7 Å². The first kappa shape index (κ1) is 15.8. The molecule has 4 heteroatoms. The summed E-state index contributed by atoms with van der Waals surface area (Å²) in [6.07, 6.45) is 1.25. The van der Waals surface area contributed by atoms with Crippen LogP contribution in [0.5, 0.6) is 0 Å². The molecule has 1 aromatic rings. The molecule has 0 radical (unpaired) electrons. The summed E-state index contributed by atoms with van der Waals surface area (Å²) in [6, 6.07) is 8.19. The van der Waals surface area contributed by atoms with E-state index in [1.54, 1.807) is 0 Å². The molecule has 1 aliphatic rings. The highest BCUT2D eigenvalue weighted by Gasteiger charge is 2.22. The largest absolute Gasteiger partial charge is 0.330 e. The van der Waals surface area contributed by atoms with Gasteiger partial charge in [0.1, 0.15) is 0 Å². The maximum Gasteiger partial charge on any atom is 0.0408 e. The Bertz CT molecular complexity index is 371. The van der Waals surface area contributed by atoms with Crippen LogP contribution in [-0.2, 0) is 0 Å². The molecule has 1 aromatic carbocycles. The lowest BCUT2D eigenvalue weighted by Gasteiger charge is -2.21. The third kappa shape index (κ3) is 4.13. The van der Waals surface area contributed by atoms with E-state index in [-0.39, 0.29) is 12.4 Å². The molecule has 0 amide bonds. The van der Waals surface area contributed by atoms with Crippen LogP contribution in [0.25, 0.3) is 0 Å². The minimum Gasteiger partial charge on any atom is -0.330 e. The Labute approximate surface area is 121 Å². The Kier molecular flexibility index (Phi) is 6.44. The molecule has 2 unspecified atom stereocenters. The average Bonchev–Trinajstić information content (AvgIpc) is 2.77. The quantitative estimate of drug-likeness (QED) is 0.922. The number of halogens is 2. The van der Waals surface area contributed by atoms with Gasteiger partial charge in [0.15, 0.2) is 0 Å². The van der Waals surface area contributed by atoms with Crippen molar-refractivity contribution >= 4 is 24.0 Å². The lowest BCUT2D eigenvalue weighted by Crippen LogP contribution is -2.27. The summed E-state index contributed by atoms with van der Waals surface area (Å²) in [6.45, 7) is 6.54. The SMILES string of the molecule is CC(CN1CCC(CN)C1)c1cccc(Cl)c1.Cl. The van der Waals surface area contributed by atoms with E-state index >= 15 is 0 Å². The van der Waals surface area contributed by atoms with Crippen molar-refractivity contribution < 1.29 is 0 Å². The van der Waals surface area contributed by atoms with E-state index in [1.807, 2.05) is 12.1 Å². The van der Waals surface area contributed by atoms with Gasteiger partial charge in [-0.3, -0.25) is 0 Å². The summed E-state index contributed by atoms with van der Waals surface area (Å²) in [5.41, 5.74) is 7.04. The number of rotatable bonds is 4. The predicted octanol–water partition coefficient (Wildman–Crippen LogP) is 3.15. The fourth-order valence-electron chi connectivity index (χ4n) is 2.58. The average molecular weight is 289 g/mol. The standard InChI is InChI=1S/C14H21ClN2.ClH/c1-11(13-3-2-4-14(15)7-13)9-17-6-5-12(8-16)10-17;/h2-4,7,11-12H,5-6,8-10,16H2,1H3;1H.